The summed E-state index contributed by atoms with van der Waals surface area (Å²) in [6, 6.07) is -0.362. The highest BCUT2D eigenvalue weighted by Gasteiger charge is 2.30. The fraction of sp³-hybridized carbons (Fsp3) is 0.700. The van der Waals surface area contributed by atoms with Crippen molar-refractivity contribution in [1.82, 2.24) is 25.8 Å². The molecule has 1 amide bonds. The minimum atomic E-state index is -0.190. The van der Waals surface area contributed by atoms with Crippen molar-refractivity contribution in [1.29, 1.82) is 0 Å². The summed E-state index contributed by atoms with van der Waals surface area (Å²) < 4.78 is 5.20. The van der Waals surface area contributed by atoms with Crippen LogP contribution in [0.1, 0.15) is 25.2 Å². The maximum atomic E-state index is 11.9. The van der Waals surface area contributed by atoms with Crippen LogP contribution in [0, 0.1) is 0 Å². The Hall–Kier alpha value is -1.47. The number of nitrogens with zero attached hydrogens (tertiary/aromatic N) is 2. The summed E-state index contributed by atoms with van der Waals surface area (Å²) >= 11 is 0. The average molecular weight is 239 g/mol. The van der Waals surface area contributed by atoms with E-state index in [1.807, 2.05) is 6.92 Å². The molecule has 3 N–H and O–H groups in total. The van der Waals surface area contributed by atoms with Crippen LogP contribution >= 0.6 is 0 Å². The summed E-state index contributed by atoms with van der Waals surface area (Å²) in [5.41, 5.74) is 0. The zero-order valence-electron chi connectivity index (χ0n) is 9.93. The fourth-order valence-electron chi connectivity index (χ4n) is 1.89. The van der Waals surface area contributed by atoms with E-state index in [1.165, 1.54) is 6.33 Å². The van der Waals surface area contributed by atoms with E-state index in [0.717, 1.165) is 0 Å². The Kier molecular flexibility index (Phi) is 3.70. The third-order valence-electron chi connectivity index (χ3n) is 2.94. The fourth-order valence-corrected chi connectivity index (χ4v) is 1.89. The Balaban J connectivity index is 1.85. The van der Waals surface area contributed by atoms with Gasteiger partial charge in [0.05, 0.1) is 18.2 Å². The lowest BCUT2D eigenvalue weighted by atomic mass is 10.2. The van der Waals surface area contributed by atoms with Gasteiger partial charge >= 0.3 is 0 Å². The summed E-state index contributed by atoms with van der Waals surface area (Å²) in [4.78, 5) is 15.9. The largest absolute Gasteiger partial charge is 0.380 e. The van der Waals surface area contributed by atoms with Crippen molar-refractivity contribution < 1.29 is 9.53 Å². The van der Waals surface area contributed by atoms with E-state index in [2.05, 4.69) is 25.8 Å². The minimum Gasteiger partial charge on any atom is -0.380 e. The SMILES string of the molecule is COC1CNC(C(=O)NC(C)c2ncn[nH]2)C1. The van der Waals surface area contributed by atoms with Crippen molar-refractivity contribution in [2.24, 2.45) is 0 Å². The molecular weight excluding hydrogens is 222 g/mol. The number of aromatic amines is 1. The maximum Gasteiger partial charge on any atom is 0.237 e. The zero-order chi connectivity index (χ0) is 12.3. The van der Waals surface area contributed by atoms with Gasteiger partial charge in [-0.1, -0.05) is 0 Å². The molecule has 0 aromatic carbocycles. The van der Waals surface area contributed by atoms with E-state index in [4.69, 9.17) is 4.74 Å². The number of aromatic nitrogens is 3. The molecule has 0 radical (unpaired) electrons. The number of carbonyl (C=O) groups is 1. The Morgan fingerprint density at radius 2 is 2.53 bits per heavy atom. The first-order valence-corrected chi connectivity index (χ1v) is 5.62. The molecule has 3 unspecified atom stereocenters. The summed E-state index contributed by atoms with van der Waals surface area (Å²) in [5, 5.41) is 12.5. The molecule has 94 valence electrons. The van der Waals surface area contributed by atoms with Gasteiger partial charge in [-0.2, -0.15) is 5.10 Å². The molecule has 0 saturated carbocycles. The Morgan fingerprint density at radius 3 is 3.12 bits per heavy atom. The third-order valence-corrected chi connectivity index (χ3v) is 2.94. The Morgan fingerprint density at radius 1 is 1.71 bits per heavy atom. The topological polar surface area (TPSA) is 91.9 Å². The average Bonchev–Trinajstić information content (AvgIpc) is 3.00. The first-order valence-electron chi connectivity index (χ1n) is 5.62. The standard InChI is InChI=1S/C10H17N5O2/c1-6(9-12-5-13-15-9)14-10(16)8-3-7(17-2)4-11-8/h5-8,11H,3-4H2,1-2H3,(H,14,16)(H,12,13,15). The molecule has 0 bridgehead atoms. The highest BCUT2D eigenvalue weighted by atomic mass is 16.5. The van der Waals surface area contributed by atoms with Gasteiger partial charge in [-0.15, -0.1) is 0 Å². The van der Waals surface area contributed by atoms with Crippen LogP contribution in [0.15, 0.2) is 6.33 Å². The molecule has 1 saturated heterocycles. The van der Waals surface area contributed by atoms with Crippen LogP contribution in [-0.4, -0.2) is 46.9 Å². The molecular formula is C10H17N5O2. The van der Waals surface area contributed by atoms with Crippen LogP contribution in [0.5, 0.6) is 0 Å². The van der Waals surface area contributed by atoms with E-state index in [0.29, 0.717) is 18.8 Å². The van der Waals surface area contributed by atoms with Crippen LogP contribution in [0.25, 0.3) is 0 Å². The molecule has 2 rings (SSSR count). The lowest BCUT2D eigenvalue weighted by Crippen LogP contribution is -2.41. The molecule has 3 atom stereocenters. The second-order valence-corrected chi connectivity index (χ2v) is 4.16. The van der Waals surface area contributed by atoms with Crippen molar-refractivity contribution in [3.63, 3.8) is 0 Å². The van der Waals surface area contributed by atoms with Gasteiger partial charge in [0.15, 0.2) is 0 Å². The van der Waals surface area contributed by atoms with Crippen molar-refractivity contribution >= 4 is 5.91 Å². The van der Waals surface area contributed by atoms with E-state index in [9.17, 15) is 4.79 Å². The molecule has 1 aliphatic heterocycles. The lowest BCUT2D eigenvalue weighted by Gasteiger charge is -2.15. The second-order valence-electron chi connectivity index (χ2n) is 4.16. The Bertz CT molecular complexity index is 367. The number of amides is 1. The molecule has 2 heterocycles. The molecule has 1 fully saturated rings. The van der Waals surface area contributed by atoms with Crippen LogP contribution < -0.4 is 10.6 Å². The quantitative estimate of drug-likeness (QED) is 0.650. The summed E-state index contributed by atoms with van der Waals surface area (Å²) in [7, 11) is 1.66. The van der Waals surface area contributed by atoms with Gasteiger partial charge in [0.2, 0.25) is 5.91 Å². The van der Waals surface area contributed by atoms with Gasteiger partial charge in [0, 0.05) is 13.7 Å². The van der Waals surface area contributed by atoms with Crippen LogP contribution in [-0.2, 0) is 9.53 Å². The summed E-state index contributed by atoms with van der Waals surface area (Å²) in [6.07, 6.45) is 2.24. The van der Waals surface area contributed by atoms with Gasteiger partial charge in [-0.3, -0.25) is 9.89 Å². The van der Waals surface area contributed by atoms with Crippen LogP contribution in [0.3, 0.4) is 0 Å². The van der Waals surface area contributed by atoms with Crippen molar-refractivity contribution in [2.45, 2.75) is 31.5 Å². The minimum absolute atomic E-state index is 0.0338. The van der Waals surface area contributed by atoms with E-state index in [1.54, 1.807) is 7.11 Å². The van der Waals surface area contributed by atoms with Gasteiger partial charge in [-0.25, -0.2) is 4.98 Å². The summed E-state index contributed by atoms with van der Waals surface area (Å²) in [5.74, 6) is 0.619. The number of hydrogen-bond donors (Lipinski definition) is 3. The van der Waals surface area contributed by atoms with Gasteiger partial charge in [0.1, 0.15) is 12.2 Å². The first-order chi connectivity index (χ1) is 8.20. The molecule has 7 nitrogen and oxygen atoms in total. The second kappa shape index (κ2) is 5.24. The van der Waals surface area contributed by atoms with Gasteiger partial charge in [-0.05, 0) is 13.3 Å². The van der Waals surface area contributed by atoms with E-state index in [-0.39, 0.29) is 24.1 Å². The normalized spacial score (nSPS) is 25.8. The first kappa shape index (κ1) is 12.0. The van der Waals surface area contributed by atoms with E-state index < -0.39 is 0 Å². The number of methoxy groups -OCH3 is 1. The highest BCUT2D eigenvalue weighted by molar-refractivity contribution is 5.82. The molecule has 0 aliphatic carbocycles. The molecule has 0 spiro atoms. The number of nitrogens with one attached hydrogen (secondary N) is 3. The number of carbonyl (C=O) groups excluding carboxylic acids is 1. The molecule has 7 heteroatoms. The van der Waals surface area contributed by atoms with Crippen molar-refractivity contribution in [3.8, 4) is 0 Å². The molecule has 1 aromatic rings. The Labute approximate surface area is 99.3 Å². The monoisotopic (exact) mass is 239 g/mol. The number of hydrogen-bond acceptors (Lipinski definition) is 5. The highest BCUT2D eigenvalue weighted by Crippen LogP contribution is 2.11. The summed E-state index contributed by atoms with van der Waals surface area (Å²) in [6.45, 7) is 2.58. The smallest absolute Gasteiger partial charge is 0.237 e. The van der Waals surface area contributed by atoms with Crippen molar-refractivity contribution in [2.75, 3.05) is 13.7 Å². The number of H-pyrrole nitrogens is 1. The van der Waals surface area contributed by atoms with Crippen LogP contribution in [0.2, 0.25) is 0 Å². The van der Waals surface area contributed by atoms with Crippen LogP contribution in [0.4, 0.5) is 0 Å². The lowest BCUT2D eigenvalue weighted by molar-refractivity contribution is -0.123. The maximum absolute atomic E-state index is 11.9. The number of rotatable bonds is 4. The van der Waals surface area contributed by atoms with Crippen molar-refractivity contribution in [3.05, 3.63) is 12.2 Å². The third kappa shape index (κ3) is 2.80. The predicted octanol–water partition coefficient (Wildman–Crippen LogP) is -0.641. The number of ether oxygens (including phenoxy) is 1. The van der Waals surface area contributed by atoms with Gasteiger partial charge in [0.25, 0.3) is 0 Å². The molecule has 17 heavy (non-hydrogen) atoms. The molecule has 1 aromatic heterocycles. The zero-order valence-corrected chi connectivity index (χ0v) is 9.93. The predicted molar refractivity (Wildman–Crippen MR) is 60.1 cm³/mol. The van der Waals surface area contributed by atoms with E-state index >= 15 is 0 Å². The van der Waals surface area contributed by atoms with Gasteiger partial charge < -0.3 is 15.4 Å². The molecule has 1 aliphatic rings.